The molecular weight excluding hydrogens is 430 g/mol. The zero-order valence-electron chi connectivity index (χ0n) is 22.1. The molecule has 0 aliphatic rings. The van der Waals surface area contributed by atoms with Crippen molar-refractivity contribution in [2.45, 2.75) is 45.4 Å². The maximum absolute atomic E-state index is 13.2. The summed E-state index contributed by atoms with van der Waals surface area (Å²) >= 11 is 0. The highest BCUT2D eigenvalue weighted by atomic mass is 16.5. The van der Waals surface area contributed by atoms with Crippen molar-refractivity contribution in [2.75, 3.05) is 48.6 Å². The van der Waals surface area contributed by atoms with Gasteiger partial charge in [0.05, 0.1) is 33.9 Å². The molecule has 2 aromatic carbocycles. The molecule has 0 amide bonds. The second kappa shape index (κ2) is 12.7. The van der Waals surface area contributed by atoms with Crippen LogP contribution in [0.2, 0.25) is 0 Å². The van der Waals surface area contributed by atoms with E-state index in [1.807, 2.05) is 37.3 Å². The summed E-state index contributed by atoms with van der Waals surface area (Å²) < 4.78 is 21.6. The minimum atomic E-state index is -0.722. The number of esters is 1. The molecule has 1 unspecified atom stereocenters. The lowest BCUT2D eigenvalue weighted by Crippen LogP contribution is -2.42. The minimum absolute atomic E-state index is 0.0735. The van der Waals surface area contributed by atoms with Crippen molar-refractivity contribution >= 4 is 5.97 Å². The van der Waals surface area contributed by atoms with Gasteiger partial charge in [-0.1, -0.05) is 32.0 Å². The average molecular weight is 472 g/mol. The van der Waals surface area contributed by atoms with E-state index in [0.717, 1.165) is 54.3 Å². The van der Waals surface area contributed by atoms with Gasteiger partial charge >= 0.3 is 5.97 Å². The molecule has 188 valence electrons. The molecule has 0 aromatic heterocycles. The number of nitrogens with zero attached hydrogens (tertiary/aromatic N) is 1. The van der Waals surface area contributed by atoms with Crippen LogP contribution in [0.3, 0.4) is 0 Å². The van der Waals surface area contributed by atoms with E-state index in [1.165, 1.54) is 12.7 Å². The molecule has 0 heterocycles. The van der Waals surface area contributed by atoms with Crippen molar-refractivity contribution in [1.82, 2.24) is 4.90 Å². The quantitative estimate of drug-likeness (QED) is 0.382. The maximum atomic E-state index is 13.2. The molecule has 0 aliphatic carbocycles. The molecule has 0 spiro atoms. The predicted molar refractivity (Wildman–Crippen MR) is 136 cm³/mol. The summed E-state index contributed by atoms with van der Waals surface area (Å²) in [6.07, 6.45) is 2.47. The van der Waals surface area contributed by atoms with Gasteiger partial charge in [-0.15, -0.1) is 0 Å². The molecule has 6 heteroatoms. The van der Waals surface area contributed by atoms with E-state index in [9.17, 15) is 4.79 Å². The van der Waals surface area contributed by atoms with Crippen LogP contribution in [0.4, 0.5) is 0 Å². The summed E-state index contributed by atoms with van der Waals surface area (Å²) in [6, 6.07) is 12.1. The van der Waals surface area contributed by atoms with Crippen molar-refractivity contribution in [3.8, 4) is 17.2 Å². The monoisotopic (exact) mass is 471 g/mol. The number of carbonyl (C=O) groups is 1. The zero-order chi connectivity index (χ0) is 25.3. The number of rotatable bonds is 13. The van der Waals surface area contributed by atoms with Crippen LogP contribution in [0.15, 0.2) is 36.4 Å². The molecule has 2 rings (SSSR count). The number of carbonyl (C=O) groups excluding carboxylic acids is 1. The second-order valence-electron chi connectivity index (χ2n) is 9.15. The topological polar surface area (TPSA) is 57.2 Å². The van der Waals surface area contributed by atoms with Crippen molar-refractivity contribution < 1.29 is 23.7 Å². The van der Waals surface area contributed by atoms with E-state index < -0.39 is 5.41 Å². The van der Waals surface area contributed by atoms with Crippen LogP contribution in [-0.2, 0) is 21.4 Å². The molecule has 0 fully saturated rings. The third kappa shape index (κ3) is 6.23. The Hall–Kier alpha value is -2.73. The van der Waals surface area contributed by atoms with Crippen molar-refractivity contribution in [3.05, 3.63) is 53.1 Å². The van der Waals surface area contributed by atoms with Crippen LogP contribution in [0.5, 0.6) is 17.2 Å². The number of ether oxygens (including phenoxy) is 4. The molecule has 0 bridgehead atoms. The van der Waals surface area contributed by atoms with Gasteiger partial charge < -0.3 is 23.8 Å². The number of likely N-dealkylation sites (N-methyl/N-ethyl adjacent to an activating group) is 1. The van der Waals surface area contributed by atoms with E-state index in [1.54, 1.807) is 21.3 Å². The lowest BCUT2D eigenvalue weighted by atomic mass is 9.68. The Morgan fingerprint density at radius 3 is 2.18 bits per heavy atom. The number of benzene rings is 2. The van der Waals surface area contributed by atoms with E-state index in [4.69, 9.17) is 18.9 Å². The maximum Gasteiger partial charge on any atom is 0.316 e. The third-order valence-electron chi connectivity index (χ3n) is 6.80. The van der Waals surface area contributed by atoms with E-state index in [0.29, 0.717) is 6.42 Å². The van der Waals surface area contributed by atoms with Crippen LogP contribution in [0.1, 0.15) is 43.4 Å². The van der Waals surface area contributed by atoms with Crippen LogP contribution in [-0.4, -0.2) is 59.4 Å². The molecule has 0 saturated carbocycles. The first kappa shape index (κ1) is 27.5. The summed E-state index contributed by atoms with van der Waals surface area (Å²) in [6.45, 7) is 7.96. The van der Waals surface area contributed by atoms with Gasteiger partial charge in [-0.05, 0) is 80.6 Å². The molecule has 2 aromatic rings. The number of methoxy groups -OCH3 is 4. The molecule has 34 heavy (non-hydrogen) atoms. The van der Waals surface area contributed by atoms with E-state index in [2.05, 4.69) is 31.9 Å². The van der Waals surface area contributed by atoms with Gasteiger partial charge in [0.1, 0.15) is 5.75 Å². The van der Waals surface area contributed by atoms with Gasteiger partial charge in [-0.3, -0.25) is 4.79 Å². The van der Waals surface area contributed by atoms with Crippen LogP contribution < -0.4 is 14.2 Å². The molecule has 0 saturated heterocycles. The molecule has 0 aliphatic heterocycles. The summed E-state index contributed by atoms with van der Waals surface area (Å²) in [5.74, 6) is 2.15. The highest BCUT2D eigenvalue weighted by Gasteiger charge is 2.44. The smallest absolute Gasteiger partial charge is 0.316 e. The molecule has 6 nitrogen and oxygen atoms in total. The minimum Gasteiger partial charge on any atom is -0.496 e. The fourth-order valence-electron chi connectivity index (χ4n) is 4.60. The Morgan fingerprint density at radius 2 is 1.59 bits per heavy atom. The Balaban J connectivity index is 2.10. The Labute approximate surface area is 205 Å². The molecule has 0 radical (unpaired) electrons. The number of aryl methyl sites for hydroxylation is 1. The zero-order valence-corrected chi connectivity index (χ0v) is 22.1. The summed E-state index contributed by atoms with van der Waals surface area (Å²) in [5, 5.41) is 0. The van der Waals surface area contributed by atoms with Gasteiger partial charge in [0, 0.05) is 6.54 Å². The Bertz CT molecular complexity index is 942. The summed E-state index contributed by atoms with van der Waals surface area (Å²) in [5.41, 5.74) is 2.47. The van der Waals surface area contributed by atoms with Gasteiger partial charge in [-0.25, -0.2) is 0 Å². The highest BCUT2D eigenvalue weighted by molar-refractivity contribution is 5.83. The van der Waals surface area contributed by atoms with E-state index in [-0.39, 0.29) is 11.9 Å². The molecule has 1 atom stereocenters. The molecule has 0 N–H and O–H groups in total. The first-order chi connectivity index (χ1) is 16.2. The highest BCUT2D eigenvalue weighted by Crippen LogP contribution is 2.40. The van der Waals surface area contributed by atoms with Crippen molar-refractivity contribution in [3.63, 3.8) is 0 Å². The third-order valence-corrected chi connectivity index (χ3v) is 6.80. The fraction of sp³-hybridized carbons (Fsp3) is 0.536. The fourth-order valence-corrected chi connectivity index (χ4v) is 4.60. The SMILES string of the molecule is COC(=O)C(CCCN(C)CCc1ccc(OC)c(OC)c1)(c1ccc(C)c(OC)c1)C(C)C. The lowest BCUT2D eigenvalue weighted by Gasteiger charge is -2.36. The first-order valence-corrected chi connectivity index (χ1v) is 11.9. The number of hydrogen-bond acceptors (Lipinski definition) is 6. The predicted octanol–water partition coefficient (Wildman–Crippen LogP) is 5.04. The van der Waals surface area contributed by atoms with Gasteiger partial charge in [0.25, 0.3) is 0 Å². The standard InChI is InChI=1S/C28H41NO5/c1-20(2)28(27(30)34-8,23-12-10-21(3)25(19-23)32-6)15-9-16-29(4)17-14-22-11-13-24(31-5)26(18-22)33-7/h10-13,18-20H,9,14-17H2,1-8H3. The summed E-state index contributed by atoms with van der Waals surface area (Å²) in [7, 11) is 8.54. The normalized spacial score (nSPS) is 13.0. The Morgan fingerprint density at radius 1 is 0.912 bits per heavy atom. The first-order valence-electron chi connectivity index (χ1n) is 11.9. The molecular formula is C28H41NO5. The van der Waals surface area contributed by atoms with Crippen molar-refractivity contribution in [1.29, 1.82) is 0 Å². The van der Waals surface area contributed by atoms with Crippen molar-refractivity contribution in [2.24, 2.45) is 5.92 Å². The van der Waals surface area contributed by atoms with Gasteiger partial charge in [0.2, 0.25) is 0 Å². The van der Waals surface area contributed by atoms with Crippen LogP contribution in [0, 0.1) is 12.8 Å². The van der Waals surface area contributed by atoms with Gasteiger partial charge in [0.15, 0.2) is 11.5 Å². The summed E-state index contributed by atoms with van der Waals surface area (Å²) in [4.78, 5) is 15.5. The van der Waals surface area contributed by atoms with Crippen LogP contribution >= 0.6 is 0 Å². The van der Waals surface area contributed by atoms with E-state index >= 15 is 0 Å². The largest absolute Gasteiger partial charge is 0.496 e. The Kier molecular flexibility index (Phi) is 10.2. The second-order valence-corrected chi connectivity index (χ2v) is 9.15. The average Bonchev–Trinajstić information content (AvgIpc) is 2.84. The number of hydrogen-bond donors (Lipinski definition) is 0. The van der Waals surface area contributed by atoms with Crippen LogP contribution in [0.25, 0.3) is 0 Å². The van der Waals surface area contributed by atoms with Gasteiger partial charge in [-0.2, -0.15) is 0 Å². The lowest BCUT2D eigenvalue weighted by molar-refractivity contribution is -0.150.